The molecule has 8 heteroatoms. The Morgan fingerprint density at radius 3 is 2.62 bits per heavy atom. The molecule has 1 saturated heterocycles. The highest BCUT2D eigenvalue weighted by atomic mass is 32.2. The van der Waals surface area contributed by atoms with Gasteiger partial charge in [0.25, 0.3) is 0 Å². The van der Waals surface area contributed by atoms with Crippen LogP contribution in [-0.2, 0) is 21.4 Å². The molecule has 156 valence electrons. The quantitative estimate of drug-likeness (QED) is 0.670. The first kappa shape index (κ1) is 21.3. The van der Waals surface area contributed by atoms with E-state index in [4.69, 9.17) is 0 Å². The van der Waals surface area contributed by atoms with Gasteiger partial charge < -0.3 is 5.32 Å². The topological polar surface area (TPSA) is 84.3 Å². The predicted molar refractivity (Wildman–Crippen MR) is 113 cm³/mol. The highest BCUT2D eigenvalue weighted by Gasteiger charge is 2.29. The smallest absolute Gasteiger partial charge is 0.236 e. The Morgan fingerprint density at radius 1 is 1.24 bits per heavy atom. The molecule has 0 atom stereocenters. The summed E-state index contributed by atoms with van der Waals surface area (Å²) in [5.41, 5.74) is 1.96. The molecule has 1 amide bonds. The molecule has 29 heavy (non-hydrogen) atoms. The fraction of sp³-hybridized carbons (Fsp3) is 0.429. The van der Waals surface area contributed by atoms with E-state index in [1.807, 2.05) is 54.3 Å². The molecule has 0 bridgehead atoms. The van der Waals surface area contributed by atoms with Gasteiger partial charge in [0.15, 0.2) is 0 Å². The molecule has 1 aliphatic heterocycles. The summed E-state index contributed by atoms with van der Waals surface area (Å²) in [6, 6.07) is 9.34. The fourth-order valence-corrected chi connectivity index (χ4v) is 4.59. The molecule has 1 fully saturated rings. The molecule has 0 spiro atoms. The number of nitrogens with zero attached hydrogens (tertiary/aromatic N) is 3. The third kappa shape index (κ3) is 6.27. The number of amides is 1. The van der Waals surface area contributed by atoms with Crippen LogP contribution in [-0.4, -0.2) is 48.0 Å². The van der Waals surface area contributed by atoms with E-state index in [1.165, 1.54) is 9.71 Å². The first-order valence-electron chi connectivity index (χ1n) is 9.94. The first-order chi connectivity index (χ1) is 13.9. The van der Waals surface area contributed by atoms with E-state index in [9.17, 15) is 13.2 Å². The van der Waals surface area contributed by atoms with E-state index in [0.29, 0.717) is 32.5 Å². The molecule has 0 saturated carbocycles. The van der Waals surface area contributed by atoms with Gasteiger partial charge in [-0.3, -0.25) is 9.48 Å². The summed E-state index contributed by atoms with van der Waals surface area (Å²) < 4.78 is 28.3. The number of benzene rings is 1. The molecule has 2 heterocycles. The molecule has 2 aromatic rings. The Bertz CT molecular complexity index is 930. The van der Waals surface area contributed by atoms with Crippen LogP contribution in [0.4, 0.5) is 0 Å². The SMILES string of the molecule is Cc1cnn(CCCNC(=O)C2CCN(S(=O)(=O)/C=C/c3ccccc3)CC2)c1. The molecule has 0 radical (unpaired) electrons. The van der Waals surface area contributed by atoms with E-state index >= 15 is 0 Å². The van der Waals surface area contributed by atoms with Crippen LogP contribution in [0.2, 0.25) is 0 Å². The van der Waals surface area contributed by atoms with Crippen molar-refractivity contribution in [2.45, 2.75) is 32.7 Å². The number of carbonyl (C=O) groups excluding carboxylic acids is 1. The zero-order chi connectivity index (χ0) is 20.7. The summed E-state index contributed by atoms with van der Waals surface area (Å²) in [6.45, 7) is 4.09. The van der Waals surface area contributed by atoms with Gasteiger partial charge in [-0.25, -0.2) is 8.42 Å². The van der Waals surface area contributed by atoms with Crippen LogP contribution >= 0.6 is 0 Å². The van der Waals surface area contributed by atoms with Crippen molar-refractivity contribution in [2.75, 3.05) is 19.6 Å². The van der Waals surface area contributed by atoms with Crippen molar-refractivity contribution >= 4 is 22.0 Å². The van der Waals surface area contributed by atoms with E-state index in [0.717, 1.165) is 24.1 Å². The number of piperidine rings is 1. The maximum Gasteiger partial charge on any atom is 0.236 e. The summed E-state index contributed by atoms with van der Waals surface area (Å²) in [4.78, 5) is 12.4. The van der Waals surface area contributed by atoms with Gasteiger partial charge in [-0.2, -0.15) is 9.40 Å². The average Bonchev–Trinajstić information content (AvgIpc) is 3.15. The van der Waals surface area contributed by atoms with Crippen LogP contribution in [0.3, 0.4) is 0 Å². The Morgan fingerprint density at radius 2 is 1.97 bits per heavy atom. The zero-order valence-electron chi connectivity index (χ0n) is 16.7. The van der Waals surface area contributed by atoms with Gasteiger partial charge in [0.2, 0.25) is 15.9 Å². The highest BCUT2D eigenvalue weighted by molar-refractivity contribution is 7.92. The van der Waals surface area contributed by atoms with E-state index < -0.39 is 10.0 Å². The molecule has 0 aliphatic carbocycles. The minimum atomic E-state index is -3.47. The van der Waals surface area contributed by atoms with Crippen LogP contribution in [0.25, 0.3) is 6.08 Å². The third-order valence-corrected chi connectivity index (χ3v) is 6.61. The fourth-order valence-electron chi connectivity index (χ4n) is 3.37. The van der Waals surface area contributed by atoms with Crippen molar-refractivity contribution in [3.8, 4) is 0 Å². The Labute approximate surface area is 172 Å². The largest absolute Gasteiger partial charge is 0.356 e. The lowest BCUT2D eigenvalue weighted by molar-refractivity contribution is -0.126. The zero-order valence-corrected chi connectivity index (χ0v) is 17.5. The van der Waals surface area contributed by atoms with Crippen molar-refractivity contribution in [3.63, 3.8) is 0 Å². The van der Waals surface area contributed by atoms with Crippen LogP contribution < -0.4 is 5.32 Å². The Hall–Kier alpha value is -2.45. The lowest BCUT2D eigenvalue weighted by Crippen LogP contribution is -2.42. The molecule has 1 aliphatic rings. The molecule has 3 rings (SSSR count). The minimum Gasteiger partial charge on any atom is -0.356 e. The number of sulfonamides is 1. The number of hydrogen-bond acceptors (Lipinski definition) is 4. The third-order valence-electron chi connectivity index (χ3n) is 5.04. The summed E-state index contributed by atoms with van der Waals surface area (Å²) in [5.74, 6) is -0.120. The number of carbonyl (C=O) groups is 1. The molecule has 1 N–H and O–H groups in total. The summed E-state index contributed by atoms with van der Waals surface area (Å²) in [5, 5.41) is 8.44. The number of aromatic nitrogens is 2. The summed E-state index contributed by atoms with van der Waals surface area (Å²) in [6.07, 6.45) is 7.30. The monoisotopic (exact) mass is 416 g/mol. The van der Waals surface area contributed by atoms with Gasteiger partial charge in [0.1, 0.15) is 0 Å². The number of hydrogen-bond donors (Lipinski definition) is 1. The summed E-state index contributed by atoms with van der Waals surface area (Å²) in [7, 11) is -3.47. The van der Waals surface area contributed by atoms with Crippen molar-refractivity contribution in [3.05, 3.63) is 59.3 Å². The lowest BCUT2D eigenvalue weighted by Gasteiger charge is -2.29. The first-order valence-corrected chi connectivity index (χ1v) is 11.4. The maximum atomic E-state index is 12.5. The van der Waals surface area contributed by atoms with Gasteiger partial charge in [-0.15, -0.1) is 0 Å². The van der Waals surface area contributed by atoms with Gasteiger partial charge in [-0.05, 0) is 43.4 Å². The number of nitrogens with one attached hydrogen (secondary N) is 1. The van der Waals surface area contributed by atoms with E-state index in [-0.39, 0.29) is 11.8 Å². The number of aryl methyl sites for hydroxylation is 2. The van der Waals surface area contributed by atoms with Crippen molar-refractivity contribution in [1.29, 1.82) is 0 Å². The molecular formula is C21H28N4O3S. The van der Waals surface area contributed by atoms with E-state index in [1.54, 1.807) is 6.08 Å². The maximum absolute atomic E-state index is 12.5. The van der Waals surface area contributed by atoms with Crippen LogP contribution in [0, 0.1) is 12.8 Å². The highest BCUT2D eigenvalue weighted by Crippen LogP contribution is 2.21. The molecule has 1 aromatic heterocycles. The Balaban J connectivity index is 1.40. The normalized spacial score (nSPS) is 16.3. The van der Waals surface area contributed by atoms with Crippen molar-refractivity contribution in [1.82, 2.24) is 19.4 Å². The Kier molecular flexibility index (Phi) is 7.22. The number of rotatable bonds is 8. The second-order valence-corrected chi connectivity index (χ2v) is 9.18. The molecule has 7 nitrogen and oxygen atoms in total. The second-order valence-electron chi connectivity index (χ2n) is 7.36. The molecule has 1 aromatic carbocycles. The van der Waals surface area contributed by atoms with E-state index in [2.05, 4.69) is 10.4 Å². The van der Waals surface area contributed by atoms with Crippen LogP contribution in [0.5, 0.6) is 0 Å². The van der Waals surface area contributed by atoms with Gasteiger partial charge in [0.05, 0.1) is 6.20 Å². The van der Waals surface area contributed by atoms with Crippen LogP contribution in [0.15, 0.2) is 48.1 Å². The van der Waals surface area contributed by atoms with Crippen molar-refractivity contribution in [2.24, 2.45) is 5.92 Å². The molecular weight excluding hydrogens is 388 g/mol. The van der Waals surface area contributed by atoms with Gasteiger partial charge in [0, 0.05) is 43.7 Å². The second kappa shape index (κ2) is 9.84. The lowest BCUT2D eigenvalue weighted by atomic mass is 9.97. The summed E-state index contributed by atoms with van der Waals surface area (Å²) >= 11 is 0. The standard InChI is InChI=1S/C21H28N4O3S/c1-18-16-23-24(17-18)12-5-11-22-21(26)20-8-13-25(14-9-20)29(27,28)15-10-19-6-3-2-4-7-19/h2-4,6-7,10,15-17,20H,5,8-9,11-14H2,1H3,(H,22,26)/b15-10+. The van der Waals surface area contributed by atoms with Gasteiger partial charge in [-0.1, -0.05) is 30.3 Å². The van der Waals surface area contributed by atoms with Crippen molar-refractivity contribution < 1.29 is 13.2 Å². The van der Waals surface area contributed by atoms with Gasteiger partial charge >= 0.3 is 0 Å². The minimum absolute atomic E-state index is 0.0125. The molecule has 0 unspecified atom stereocenters. The van der Waals surface area contributed by atoms with Crippen LogP contribution in [0.1, 0.15) is 30.4 Å². The average molecular weight is 417 g/mol. The predicted octanol–water partition coefficient (Wildman–Crippen LogP) is 2.41.